The van der Waals surface area contributed by atoms with Crippen LogP contribution in [0.1, 0.15) is 10.9 Å². The molecule has 4 nitrogen and oxygen atoms in total. The predicted molar refractivity (Wildman–Crippen MR) is 58.1 cm³/mol. The molecule has 0 saturated heterocycles. The number of halogens is 1. The summed E-state index contributed by atoms with van der Waals surface area (Å²) in [6, 6.07) is 2.83. The van der Waals surface area contributed by atoms with Gasteiger partial charge in [-0.05, 0) is 12.1 Å². The Balaban J connectivity index is 2.65. The van der Waals surface area contributed by atoms with Crippen molar-refractivity contribution in [1.82, 2.24) is 10.4 Å². The zero-order chi connectivity index (χ0) is 10.7. The maximum atomic E-state index is 11.4. The average Bonchev–Trinajstić information content (AvgIpc) is 2.49. The van der Waals surface area contributed by atoms with E-state index in [-0.39, 0.29) is 5.91 Å². The maximum Gasteiger partial charge on any atom is 0.256 e. The van der Waals surface area contributed by atoms with Crippen molar-refractivity contribution in [1.29, 1.82) is 0 Å². The van der Waals surface area contributed by atoms with Gasteiger partial charge in [0.1, 0.15) is 6.04 Å². The van der Waals surface area contributed by atoms with Crippen molar-refractivity contribution >= 4 is 28.8 Å². The number of hydrazine groups is 1. The summed E-state index contributed by atoms with van der Waals surface area (Å²) in [5, 5.41) is 1.55. The molecular weight excluding hydrogens is 222 g/mol. The third kappa shape index (κ3) is 2.95. The fraction of sp³-hybridized carbons (Fsp3) is 0.375. The SMILES string of the molecule is CN(C)NC(=O)C(N)c1ccc(Cl)s1. The number of rotatable bonds is 3. The van der Waals surface area contributed by atoms with Crippen molar-refractivity contribution in [2.75, 3.05) is 14.1 Å². The lowest BCUT2D eigenvalue weighted by atomic mass is 10.2. The summed E-state index contributed by atoms with van der Waals surface area (Å²) in [4.78, 5) is 12.2. The molecule has 1 heterocycles. The molecule has 0 radical (unpaired) electrons. The molecule has 1 aromatic rings. The van der Waals surface area contributed by atoms with Crippen molar-refractivity contribution in [2.24, 2.45) is 5.73 Å². The summed E-state index contributed by atoms with van der Waals surface area (Å²) in [5.41, 5.74) is 8.30. The van der Waals surface area contributed by atoms with Gasteiger partial charge < -0.3 is 5.73 Å². The van der Waals surface area contributed by atoms with Crippen LogP contribution in [0.15, 0.2) is 12.1 Å². The Bertz CT molecular complexity index is 326. The molecule has 1 atom stereocenters. The molecular formula is C8H12ClN3OS. The van der Waals surface area contributed by atoms with Gasteiger partial charge in [0.15, 0.2) is 0 Å². The van der Waals surface area contributed by atoms with Crippen LogP contribution in [0.3, 0.4) is 0 Å². The normalized spacial score (nSPS) is 12.9. The van der Waals surface area contributed by atoms with Gasteiger partial charge in [-0.15, -0.1) is 11.3 Å². The smallest absolute Gasteiger partial charge is 0.256 e. The molecule has 6 heteroatoms. The van der Waals surface area contributed by atoms with E-state index < -0.39 is 6.04 Å². The van der Waals surface area contributed by atoms with Crippen LogP contribution in [0.4, 0.5) is 0 Å². The summed E-state index contributed by atoms with van der Waals surface area (Å²) < 4.78 is 0.633. The molecule has 0 fully saturated rings. The van der Waals surface area contributed by atoms with Gasteiger partial charge in [-0.3, -0.25) is 10.2 Å². The molecule has 14 heavy (non-hydrogen) atoms. The van der Waals surface area contributed by atoms with Crippen LogP contribution in [0, 0.1) is 0 Å². The number of carbonyl (C=O) groups is 1. The van der Waals surface area contributed by atoms with E-state index in [0.717, 1.165) is 4.88 Å². The van der Waals surface area contributed by atoms with Gasteiger partial charge in [-0.2, -0.15) is 0 Å². The maximum absolute atomic E-state index is 11.4. The zero-order valence-corrected chi connectivity index (χ0v) is 9.52. The lowest BCUT2D eigenvalue weighted by molar-refractivity contribution is -0.126. The number of carbonyl (C=O) groups excluding carboxylic acids is 1. The fourth-order valence-electron chi connectivity index (χ4n) is 0.915. The van der Waals surface area contributed by atoms with Crippen molar-refractivity contribution < 1.29 is 4.79 Å². The Morgan fingerprint density at radius 3 is 2.71 bits per heavy atom. The van der Waals surface area contributed by atoms with Crippen LogP contribution in [0.5, 0.6) is 0 Å². The zero-order valence-electron chi connectivity index (χ0n) is 7.95. The van der Waals surface area contributed by atoms with Gasteiger partial charge in [0.2, 0.25) is 0 Å². The van der Waals surface area contributed by atoms with E-state index in [1.807, 2.05) is 0 Å². The first-order chi connectivity index (χ1) is 6.50. The summed E-state index contributed by atoms with van der Waals surface area (Å²) >= 11 is 7.05. The molecule has 0 aliphatic rings. The summed E-state index contributed by atoms with van der Waals surface area (Å²) in [6.45, 7) is 0. The molecule has 1 rings (SSSR count). The van der Waals surface area contributed by atoms with Crippen LogP contribution in [0.2, 0.25) is 4.34 Å². The second-order valence-electron chi connectivity index (χ2n) is 2.99. The number of amides is 1. The number of hydrogen-bond acceptors (Lipinski definition) is 4. The first-order valence-electron chi connectivity index (χ1n) is 3.99. The summed E-state index contributed by atoms with van der Waals surface area (Å²) in [6.07, 6.45) is 0. The Morgan fingerprint density at radius 1 is 1.64 bits per heavy atom. The average molecular weight is 234 g/mol. The number of thiophene rings is 1. The Hall–Kier alpha value is -0.620. The molecule has 0 aliphatic heterocycles. The van der Waals surface area contributed by atoms with Crippen LogP contribution in [-0.2, 0) is 4.79 Å². The van der Waals surface area contributed by atoms with Crippen molar-refractivity contribution in [3.05, 3.63) is 21.3 Å². The van der Waals surface area contributed by atoms with Gasteiger partial charge in [-0.1, -0.05) is 11.6 Å². The van der Waals surface area contributed by atoms with Gasteiger partial charge in [-0.25, -0.2) is 5.01 Å². The molecule has 0 saturated carbocycles. The fourth-order valence-corrected chi connectivity index (χ4v) is 1.98. The minimum absolute atomic E-state index is 0.242. The molecule has 1 amide bonds. The van der Waals surface area contributed by atoms with E-state index in [2.05, 4.69) is 5.43 Å². The monoisotopic (exact) mass is 233 g/mol. The van der Waals surface area contributed by atoms with Crippen LogP contribution >= 0.6 is 22.9 Å². The van der Waals surface area contributed by atoms with Crippen molar-refractivity contribution in [3.63, 3.8) is 0 Å². The third-order valence-corrected chi connectivity index (χ3v) is 2.83. The van der Waals surface area contributed by atoms with Crippen LogP contribution in [0.25, 0.3) is 0 Å². The van der Waals surface area contributed by atoms with Crippen molar-refractivity contribution in [3.8, 4) is 0 Å². The topological polar surface area (TPSA) is 58.4 Å². The van der Waals surface area contributed by atoms with Gasteiger partial charge in [0.05, 0.1) is 4.34 Å². The molecule has 78 valence electrons. The third-order valence-electron chi connectivity index (χ3n) is 1.52. The van der Waals surface area contributed by atoms with Gasteiger partial charge >= 0.3 is 0 Å². The number of hydrogen-bond donors (Lipinski definition) is 2. The Kier molecular flexibility index (Phi) is 3.88. The van der Waals surface area contributed by atoms with E-state index in [1.165, 1.54) is 11.3 Å². The second kappa shape index (κ2) is 4.75. The number of nitrogens with zero attached hydrogens (tertiary/aromatic N) is 1. The molecule has 0 aliphatic carbocycles. The molecule has 0 bridgehead atoms. The quantitative estimate of drug-likeness (QED) is 0.766. The lowest BCUT2D eigenvalue weighted by Crippen LogP contribution is -2.41. The number of nitrogens with two attached hydrogens (primary N) is 1. The Morgan fingerprint density at radius 2 is 2.29 bits per heavy atom. The van der Waals surface area contributed by atoms with E-state index in [4.69, 9.17) is 17.3 Å². The highest BCUT2D eigenvalue weighted by molar-refractivity contribution is 7.16. The standard InChI is InChI=1S/C8H12ClN3OS/c1-12(2)11-8(13)7(10)5-3-4-6(9)14-5/h3-4,7H,10H2,1-2H3,(H,11,13). The minimum Gasteiger partial charge on any atom is -0.315 e. The van der Waals surface area contributed by atoms with E-state index in [0.29, 0.717) is 4.34 Å². The molecule has 0 aromatic carbocycles. The summed E-state index contributed by atoms with van der Waals surface area (Å²) in [5.74, 6) is -0.242. The molecule has 3 N–H and O–H groups in total. The van der Waals surface area contributed by atoms with Gasteiger partial charge in [0.25, 0.3) is 5.91 Å². The first kappa shape index (κ1) is 11.5. The molecule has 1 unspecified atom stereocenters. The largest absolute Gasteiger partial charge is 0.315 e. The highest BCUT2D eigenvalue weighted by Crippen LogP contribution is 2.25. The Labute approximate surface area is 91.6 Å². The van der Waals surface area contributed by atoms with E-state index >= 15 is 0 Å². The van der Waals surface area contributed by atoms with Crippen molar-refractivity contribution in [2.45, 2.75) is 6.04 Å². The molecule has 0 spiro atoms. The van der Waals surface area contributed by atoms with Crippen LogP contribution in [-0.4, -0.2) is 25.0 Å². The van der Waals surface area contributed by atoms with Gasteiger partial charge in [0, 0.05) is 19.0 Å². The van der Waals surface area contributed by atoms with Crippen LogP contribution < -0.4 is 11.2 Å². The first-order valence-corrected chi connectivity index (χ1v) is 5.19. The predicted octanol–water partition coefficient (Wildman–Crippen LogP) is 0.994. The second-order valence-corrected chi connectivity index (χ2v) is 4.74. The van der Waals surface area contributed by atoms with E-state index in [1.54, 1.807) is 31.2 Å². The highest BCUT2D eigenvalue weighted by atomic mass is 35.5. The highest BCUT2D eigenvalue weighted by Gasteiger charge is 2.17. The number of nitrogens with one attached hydrogen (secondary N) is 1. The summed E-state index contributed by atoms with van der Waals surface area (Å²) in [7, 11) is 3.46. The van der Waals surface area contributed by atoms with E-state index in [9.17, 15) is 4.79 Å². The lowest BCUT2D eigenvalue weighted by Gasteiger charge is -2.15. The molecule has 1 aromatic heterocycles. The minimum atomic E-state index is -0.658.